The van der Waals surface area contributed by atoms with Crippen LogP contribution < -0.4 is 5.32 Å². The first-order chi connectivity index (χ1) is 7.57. The molecule has 2 fully saturated rings. The average molecular weight is 229 g/mol. The molecule has 2 heterocycles. The van der Waals surface area contributed by atoms with E-state index >= 15 is 0 Å². The molecule has 0 radical (unpaired) electrons. The van der Waals surface area contributed by atoms with Gasteiger partial charge in [-0.15, -0.1) is 0 Å². The molecule has 2 atom stereocenters. The van der Waals surface area contributed by atoms with E-state index in [9.17, 15) is 0 Å². The van der Waals surface area contributed by atoms with Gasteiger partial charge in [0.05, 0.1) is 25.4 Å². The standard InChI is InChI=1S/C12H23NO3/c1-9-10(4-5-14-9)6-13-11-7-15-12(2,3)16-8-11/h9-11,13H,4-8H2,1-3H3. The van der Waals surface area contributed by atoms with Crippen LogP contribution in [0.2, 0.25) is 0 Å². The molecular formula is C12H23NO3. The SMILES string of the molecule is CC1OCCC1CNC1COC(C)(C)OC1. The monoisotopic (exact) mass is 229 g/mol. The molecule has 2 aliphatic heterocycles. The second-order valence-electron chi connectivity index (χ2n) is 5.25. The highest BCUT2D eigenvalue weighted by Gasteiger charge is 2.30. The minimum atomic E-state index is -0.415. The van der Waals surface area contributed by atoms with Crippen LogP contribution >= 0.6 is 0 Å². The molecule has 2 aliphatic rings. The van der Waals surface area contributed by atoms with Crippen molar-refractivity contribution in [1.82, 2.24) is 5.32 Å². The van der Waals surface area contributed by atoms with E-state index in [1.54, 1.807) is 0 Å². The summed E-state index contributed by atoms with van der Waals surface area (Å²) in [6, 6.07) is 0.320. The predicted molar refractivity (Wildman–Crippen MR) is 61.3 cm³/mol. The van der Waals surface area contributed by atoms with Crippen LogP contribution in [-0.2, 0) is 14.2 Å². The zero-order valence-corrected chi connectivity index (χ0v) is 10.5. The van der Waals surface area contributed by atoms with Gasteiger partial charge in [-0.05, 0) is 33.1 Å². The van der Waals surface area contributed by atoms with Gasteiger partial charge in [-0.2, -0.15) is 0 Å². The molecule has 0 aromatic carbocycles. The van der Waals surface area contributed by atoms with Crippen LogP contribution in [0.25, 0.3) is 0 Å². The van der Waals surface area contributed by atoms with E-state index in [2.05, 4.69) is 12.2 Å². The van der Waals surface area contributed by atoms with Gasteiger partial charge < -0.3 is 19.5 Å². The Kier molecular flexibility index (Phi) is 3.85. The van der Waals surface area contributed by atoms with Gasteiger partial charge in [0.2, 0.25) is 0 Å². The van der Waals surface area contributed by atoms with Gasteiger partial charge in [0.1, 0.15) is 0 Å². The van der Waals surface area contributed by atoms with E-state index in [0.29, 0.717) is 18.1 Å². The van der Waals surface area contributed by atoms with Gasteiger partial charge in [-0.3, -0.25) is 0 Å². The second kappa shape index (κ2) is 5.00. The van der Waals surface area contributed by atoms with E-state index < -0.39 is 5.79 Å². The normalized spacial score (nSPS) is 35.4. The molecule has 0 spiro atoms. The largest absolute Gasteiger partial charge is 0.378 e. The van der Waals surface area contributed by atoms with Crippen molar-refractivity contribution in [3.63, 3.8) is 0 Å². The fraction of sp³-hybridized carbons (Fsp3) is 1.00. The van der Waals surface area contributed by atoms with Gasteiger partial charge in [0.25, 0.3) is 0 Å². The van der Waals surface area contributed by atoms with Crippen molar-refractivity contribution in [2.24, 2.45) is 5.92 Å². The summed E-state index contributed by atoms with van der Waals surface area (Å²) in [7, 11) is 0. The lowest BCUT2D eigenvalue weighted by molar-refractivity contribution is -0.253. The highest BCUT2D eigenvalue weighted by Crippen LogP contribution is 2.21. The number of hydrogen-bond acceptors (Lipinski definition) is 4. The van der Waals surface area contributed by atoms with Crippen LogP contribution in [0.3, 0.4) is 0 Å². The minimum absolute atomic E-state index is 0.320. The molecule has 2 rings (SSSR count). The highest BCUT2D eigenvalue weighted by molar-refractivity contribution is 4.79. The van der Waals surface area contributed by atoms with E-state index in [1.807, 2.05) is 13.8 Å². The van der Waals surface area contributed by atoms with Crippen molar-refractivity contribution in [1.29, 1.82) is 0 Å². The lowest BCUT2D eigenvalue weighted by Gasteiger charge is -2.35. The van der Waals surface area contributed by atoms with Crippen LogP contribution in [0.1, 0.15) is 27.2 Å². The van der Waals surface area contributed by atoms with Gasteiger partial charge in [-0.25, -0.2) is 0 Å². The molecule has 0 aliphatic carbocycles. The van der Waals surface area contributed by atoms with Crippen LogP contribution in [0, 0.1) is 5.92 Å². The molecule has 0 aromatic heterocycles. The molecule has 0 bridgehead atoms. The first-order valence-corrected chi connectivity index (χ1v) is 6.20. The van der Waals surface area contributed by atoms with Gasteiger partial charge >= 0.3 is 0 Å². The summed E-state index contributed by atoms with van der Waals surface area (Å²) in [6.07, 6.45) is 1.54. The lowest BCUT2D eigenvalue weighted by atomic mass is 10.0. The zero-order valence-electron chi connectivity index (χ0n) is 10.5. The predicted octanol–water partition coefficient (Wildman–Crippen LogP) is 1.15. The van der Waals surface area contributed by atoms with Crippen LogP contribution in [0.15, 0.2) is 0 Å². The van der Waals surface area contributed by atoms with Gasteiger partial charge in [0.15, 0.2) is 5.79 Å². The maximum absolute atomic E-state index is 5.60. The van der Waals surface area contributed by atoms with Crippen molar-refractivity contribution in [3.8, 4) is 0 Å². The molecule has 16 heavy (non-hydrogen) atoms. The zero-order chi connectivity index (χ0) is 11.6. The molecule has 2 unspecified atom stereocenters. The molecule has 1 N–H and O–H groups in total. The summed E-state index contributed by atoms with van der Waals surface area (Å²) in [5.74, 6) is 0.219. The maximum atomic E-state index is 5.60. The molecule has 0 amide bonds. The first-order valence-electron chi connectivity index (χ1n) is 6.20. The number of rotatable bonds is 3. The first kappa shape index (κ1) is 12.3. The van der Waals surface area contributed by atoms with E-state index in [1.165, 1.54) is 0 Å². The Balaban J connectivity index is 1.67. The summed E-state index contributed by atoms with van der Waals surface area (Å²) in [4.78, 5) is 0. The van der Waals surface area contributed by atoms with Gasteiger partial charge in [0, 0.05) is 13.2 Å². The molecule has 4 heteroatoms. The van der Waals surface area contributed by atoms with Crippen LogP contribution in [0.5, 0.6) is 0 Å². The van der Waals surface area contributed by atoms with Crippen LogP contribution in [0.4, 0.5) is 0 Å². The number of nitrogens with one attached hydrogen (secondary N) is 1. The molecule has 94 valence electrons. The second-order valence-corrected chi connectivity index (χ2v) is 5.25. The Morgan fingerprint density at radius 3 is 2.50 bits per heavy atom. The topological polar surface area (TPSA) is 39.7 Å². The van der Waals surface area contributed by atoms with Crippen molar-refractivity contribution >= 4 is 0 Å². The van der Waals surface area contributed by atoms with E-state index in [-0.39, 0.29) is 0 Å². The van der Waals surface area contributed by atoms with E-state index in [4.69, 9.17) is 14.2 Å². The van der Waals surface area contributed by atoms with Crippen molar-refractivity contribution < 1.29 is 14.2 Å². The summed E-state index contributed by atoms with van der Waals surface area (Å²) in [5, 5.41) is 3.50. The third-order valence-corrected chi connectivity index (χ3v) is 3.47. The third kappa shape index (κ3) is 3.17. The molecular weight excluding hydrogens is 206 g/mol. The molecule has 0 aromatic rings. The summed E-state index contributed by atoms with van der Waals surface area (Å²) >= 11 is 0. The Bertz CT molecular complexity index is 222. The Hall–Kier alpha value is -0.160. The molecule has 0 saturated carbocycles. The highest BCUT2D eigenvalue weighted by atomic mass is 16.7. The summed E-state index contributed by atoms with van der Waals surface area (Å²) in [6.45, 7) is 9.42. The van der Waals surface area contributed by atoms with Crippen molar-refractivity contribution in [2.45, 2.75) is 45.1 Å². The fourth-order valence-electron chi connectivity index (χ4n) is 2.17. The smallest absolute Gasteiger partial charge is 0.162 e. The number of ether oxygens (including phenoxy) is 3. The number of hydrogen-bond donors (Lipinski definition) is 1. The Morgan fingerprint density at radius 2 is 1.94 bits per heavy atom. The summed E-state index contributed by atoms with van der Waals surface area (Å²) < 4.78 is 16.7. The van der Waals surface area contributed by atoms with Crippen molar-refractivity contribution in [3.05, 3.63) is 0 Å². The van der Waals surface area contributed by atoms with Crippen molar-refractivity contribution in [2.75, 3.05) is 26.4 Å². The maximum Gasteiger partial charge on any atom is 0.162 e. The lowest BCUT2D eigenvalue weighted by Crippen LogP contribution is -2.49. The van der Waals surface area contributed by atoms with E-state index in [0.717, 1.165) is 32.8 Å². The Labute approximate surface area is 97.6 Å². The third-order valence-electron chi connectivity index (χ3n) is 3.47. The Morgan fingerprint density at radius 1 is 1.25 bits per heavy atom. The van der Waals surface area contributed by atoms with Crippen LogP contribution in [-0.4, -0.2) is 44.3 Å². The molecule has 2 saturated heterocycles. The fourth-order valence-corrected chi connectivity index (χ4v) is 2.17. The average Bonchev–Trinajstić information content (AvgIpc) is 2.63. The molecule has 4 nitrogen and oxygen atoms in total. The summed E-state index contributed by atoms with van der Waals surface area (Å²) in [5.41, 5.74) is 0. The quantitative estimate of drug-likeness (QED) is 0.788. The minimum Gasteiger partial charge on any atom is -0.378 e. The van der Waals surface area contributed by atoms with Gasteiger partial charge in [-0.1, -0.05) is 0 Å².